The summed E-state index contributed by atoms with van der Waals surface area (Å²) in [5.74, 6) is -4.63. The molecule has 2 saturated heterocycles. The number of benzene rings is 3. The lowest BCUT2D eigenvalue weighted by Gasteiger charge is -2.50. The number of amides is 3. The van der Waals surface area contributed by atoms with Crippen LogP contribution in [-0.4, -0.2) is 120 Å². The Bertz CT molecular complexity index is 1950. The van der Waals surface area contributed by atoms with E-state index >= 15 is 0 Å². The summed E-state index contributed by atoms with van der Waals surface area (Å²) < 4.78 is 48.2. The second kappa shape index (κ2) is 19.5. The van der Waals surface area contributed by atoms with Gasteiger partial charge in [0.05, 0.1) is 30.9 Å². The molecule has 0 spiro atoms. The van der Waals surface area contributed by atoms with Gasteiger partial charge in [-0.2, -0.15) is 0 Å². The topological polar surface area (TPSA) is 212 Å². The summed E-state index contributed by atoms with van der Waals surface area (Å²) in [6, 6.07) is 21.4. The summed E-state index contributed by atoms with van der Waals surface area (Å²) in [6.07, 6.45) is -12.0. The van der Waals surface area contributed by atoms with Gasteiger partial charge in [0.15, 0.2) is 24.8 Å². The minimum absolute atomic E-state index is 0.0289. The first-order valence-corrected chi connectivity index (χ1v) is 19.0. The predicted molar refractivity (Wildman–Crippen MR) is 202 cm³/mol. The predicted octanol–water partition coefficient (Wildman–Crippen LogP) is 2.21. The summed E-state index contributed by atoms with van der Waals surface area (Å²) in [5.41, 5.74) is 1.66. The Morgan fingerprint density at radius 2 is 1.19 bits per heavy atom. The highest BCUT2D eigenvalue weighted by Crippen LogP contribution is 2.38. The molecular weight excluding hydrogens is 772 g/mol. The highest BCUT2D eigenvalue weighted by molar-refractivity contribution is 6.21. The standard InChI is InChI=1S/C42H46N2O15/c1-23(45)43-33-35(49)36(31(21-52-19-27-13-7-5-8-14-27)57-41(33)54-20-28-15-9-6-10-16-28)59-42-34(44-39(50)29-17-11-12-18-30(29)40(44)51)38(56-26(4)48)37(55-25(3)47)32(58-42)22-53-24(2)46/h5-18,31-38,41-42,49H,19-22H2,1-4H3,(H,43,45)/t31-,32-,33-,34-,35-,36+,37+,38-,41+,42+/m1/s1. The van der Waals surface area contributed by atoms with Gasteiger partial charge in [-0.05, 0) is 23.3 Å². The van der Waals surface area contributed by atoms with Crippen molar-refractivity contribution in [3.63, 3.8) is 0 Å². The fraction of sp³-hybridized carbons (Fsp3) is 0.429. The molecule has 314 valence electrons. The number of imide groups is 1. The lowest BCUT2D eigenvalue weighted by Crippen LogP contribution is -2.70. The molecule has 2 N–H and O–H groups in total. The van der Waals surface area contributed by atoms with Crippen molar-refractivity contribution < 1.29 is 71.8 Å². The van der Waals surface area contributed by atoms with Crippen LogP contribution in [-0.2, 0) is 70.3 Å². The van der Waals surface area contributed by atoms with Crippen molar-refractivity contribution in [2.24, 2.45) is 0 Å². The highest BCUT2D eigenvalue weighted by atomic mass is 16.7. The van der Waals surface area contributed by atoms with E-state index in [4.69, 9.17) is 37.9 Å². The van der Waals surface area contributed by atoms with Crippen LogP contribution in [0.5, 0.6) is 0 Å². The number of aliphatic hydroxyl groups excluding tert-OH is 1. The zero-order valence-corrected chi connectivity index (χ0v) is 32.8. The third-order valence-corrected chi connectivity index (χ3v) is 9.78. The number of nitrogens with one attached hydrogen (secondary N) is 1. The van der Waals surface area contributed by atoms with Gasteiger partial charge < -0.3 is 48.3 Å². The molecule has 0 radical (unpaired) electrons. The molecule has 0 aromatic heterocycles. The van der Waals surface area contributed by atoms with E-state index in [9.17, 15) is 33.9 Å². The van der Waals surface area contributed by atoms with Crippen LogP contribution in [0.25, 0.3) is 0 Å². The molecule has 3 heterocycles. The maximum Gasteiger partial charge on any atom is 0.303 e. The first-order chi connectivity index (χ1) is 28.3. The number of nitrogens with zero attached hydrogens (tertiary/aromatic N) is 1. The number of hydrogen-bond acceptors (Lipinski definition) is 15. The summed E-state index contributed by atoms with van der Waals surface area (Å²) in [5, 5.41) is 14.9. The number of ether oxygens (including phenoxy) is 8. The molecule has 0 aliphatic carbocycles. The molecule has 3 aliphatic rings. The zero-order chi connectivity index (χ0) is 42.2. The molecule has 0 bridgehead atoms. The highest BCUT2D eigenvalue weighted by Gasteiger charge is 2.59. The van der Waals surface area contributed by atoms with Crippen LogP contribution in [0, 0.1) is 0 Å². The van der Waals surface area contributed by atoms with Crippen molar-refractivity contribution in [2.45, 2.75) is 102 Å². The van der Waals surface area contributed by atoms with Crippen LogP contribution in [0.1, 0.15) is 59.5 Å². The molecule has 3 aromatic carbocycles. The van der Waals surface area contributed by atoms with Gasteiger partial charge in [0, 0.05) is 27.7 Å². The van der Waals surface area contributed by atoms with Gasteiger partial charge in [0.1, 0.15) is 43.1 Å². The molecule has 0 saturated carbocycles. The lowest BCUT2D eigenvalue weighted by atomic mass is 9.93. The molecule has 17 heteroatoms. The molecular formula is C42H46N2O15. The summed E-state index contributed by atoms with van der Waals surface area (Å²) >= 11 is 0. The zero-order valence-electron chi connectivity index (χ0n) is 32.8. The first kappa shape index (κ1) is 43.0. The molecule has 3 aliphatic heterocycles. The van der Waals surface area contributed by atoms with Crippen molar-refractivity contribution >= 4 is 35.6 Å². The van der Waals surface area contributed by atoms with Crippen molar-refractivity contribution in [1.82, 2.24) is 10.2 Å². The number of carbonyl (C=O) groups is 6. The third kappa shape index (κ3) is 10.4. The van der Waals surface area contributed by atoms with E-state index in [-0.39, 0.29) is 30.9 Å². The van der Waals surface area contributed by atoms with E-state index in [1.807, 2.05) is 60.7 Å². The molecule has 3 aromatic rings. The number of fused-ring (bicyclic) bond motifs is 1. The van der Waals surface area contributed by atoms with E-state index in [0.29, 0.717) is 0 Å². The fourth-order valence-corrected chi connectivity index (χ4v) is 7.28. The maximum absolute atomic E-state index is 14.1. The quantitative estimate of drug-likeness (QED) is 0.128. The summed E-state index contributed by atoms with van der Waals surface area (Å²) in [7, 11) is 0. The number of carbonyl (C=O) groups excluding carboxylic acids is 6. The molecule has 6 rings (SSSR count). The van der Waals surface area contributed by atoms with E-state index < -0.39 is 104 Å². The van der Waals surface area contributed by atoms with Crippen LogP contribution < -0.4 is 5.32 Å². The van der Waals surface area contributed by atoms with Gasteiger partial charge in [-0.25, -0.2) is 0 Å². The van der Waals surface area contributed by atoms with Crippen molar-refractivity contribution in [3.8, 4) is 0 Å². The van der Waals surface area contributed by atoms with Gasteiger partial charge in [-0.15, -0.1) is 0 Å². The lowest BCUT2D eigenvalue weighted by molar-refractivity contribution is -0.339. The average molecular weight is 819 g/mol. The Kier molecular flexibility index (Phi) is 14.2. The van der Waals surface area contributed by atoms with E-state index in [2.05, 4.69) is 5.32 Å². The Morgan fingerprint density at radius 3 is 1.75 bits per heavy atom. The molecule has 17 nitrogen and oxygen atoms in total. The molecule has 3 amide bonds. The van der Waals surface area contributed by atoms with Crippen molar-refractivity contribution in [1.29, 1.82) is 0 Å². The minimum Gasteiger partial charge on any atom is -0.463 e. The fourth-order valence-electron chi connectivity index (χ4n) is 7.28. The van der Waals surface area contributed by atoms with Gasteiger partial charge >= 0.3 is 17.9 Å². The Morgan fingerprint density at radius 1 is 0.661 bits per heavy atom. The van der Waals surface area contributed by atoms with Crippen molar-refractivity contribution in [3.05, 3.63) is 107 Å². The largest absolute Gasteiger partial charge is 0.463 e. The molecule has 0 unspecified atom stereocenters. The third-order valence-electron chi connectivity index (χ3n) is 9.78. The second-order valence-electron chi connectivity index (χ2n) is 14.2. The average Bonchev–Trinajstić information content (AvgIpc) is 3.45. The molecule has 10 atom stereocenters. The number of aliphatic hydroxyl groups is 1. The van der Waals surface area contributed by atoms with Crippen LogP contribution in [0.4, 0.5) is 0 Å². The van der Waals surface area contributed by atoms with E-state index in [1.165, 1.54) is 19.1 Å². The first-order valence-electron chi connectivity index (χ1n) is 19.0. The Hall–Kier alpha value is -5.56. The Labute approximate surface area is 339 Å². The van der Waals surface area contributed by atoms with Crippen molar-refractivity contribution in [2.75, 3.05) is 13.2 Å². The maximum atomic E-state index is 14.1. The van der Waals surface area contributed by atoms with Crippen LogP contribution >= 0.6 is 0 Å². The Balaban J connectivity index is 1.41. The number of rotatable bonds is 15. The van der Waals surface area contributed by atoms with Gasteiger partial charge in [-0.3, -0.25) is 33.7 Å². The SMILES string of the molecule is CC(=O)N[C@H]1[C@@H](OCc2ccccc2)O[C@H](COCc2ccccc2)[C@H](O[C@@H]2O[C@H](COC(C)=O)[C@H](OC(C)=O)[C@H](OC(C)=O)[C@H]2N2C(=O)c3ccccc3C2=O)[C@@H]1O. The minimum atomic E-state index is -1.80. The van der Waals surface area contributed by atoms with Gasteiger partial charge in [-0.1, -0.05) is 72.8 Å². The van der Waals surface area contributed by atoms with Gasteiger partial charge in [0.25, 0.3) is 11.8 Å². The van der Waals surface area contributed by atoms with Crippen LogP contribution in [0.2, 0.25) is 0 Å². The number of hydrogen-bond donors (Lipinski definition) is 2. The van der Waals surface area contributed by atoms with E-state index in [1.54, 1.807) is 12.1 Å². The molecule has 2 fully saturated rings. The summed E-state index contributed by atoms with van der Waals surface area (Å²) in [4.78, 5) is 79.0. The molecule has 59 heavy (non-hydrogen) atoms. The normalized spacial score (nSPS) is 27.7. The number of esters is 3. The van der Waals surface area contributed by atoms with Gasteiger partial charge in [0.2, 0.25) is 5.91 Å². The monoisotopic (exact) mass is 818 g/mol. The summed E-state index contributed by atoms with van der Waals surface area (Å²) in [6.45, 7) is 3.91. The van der Waals surface area contributed by atoms with Crippen LogP contribution in [0.15, 0.2) is 84.9 Å². The van der Waals surface area contributed by atoms with Crippen LogP contribution in [0.3, 0.4) is 0 Å². The second-order valence-corrected chi connectivity index (χ2v) is 14.2. The van der Waals surface area contributed by atoms with E-state index in [0.717, 1.165) is 36.8 Å². The smallest absolute Gasteiger partial charge is 0.303 e.